The van der Waals surface area contributed by atoms with Crippen LogP contribution in [0.25, 0.3) is 10.2 Å². The number of hydrogen-bond acceptors (Lipinski definition) is 4. The number of fused-ring (bicyclic) bond motifs is 1. The van der Waals surface area contributed by atoms with E-state index < -0.39 is 0 Å². The van der Waals surface area contributed by atoms with Crippen molar-refractivity contribution in [1.29, 1.82) is 0 Å². The number of benzene rings is 1. The molecule has 3 rings (SSSR count). The highest BCUT2D eigenvalue weighted by molar-refractivity contribution is 7.18. The molecule has 1 aromatic carbocycles. The van der Waals surface area contributed by atoms with Crippen molar-refractivity contribution in [2.24, 2.45) is 11.8 Å². The molecule has 0 saturated heterocycles. The van der Waals surface area contributed by atoms with Gasteiger partial charge in [0.2, 0.25) is 5.91 Å². The van der Waals surface area contributed by atoms with Crippen LogP contribution in [0.3, 0.4) is 0 Å². The second kappa shape index (κ2) is 7.62. The lowest BCUT2D eigenvalue weighted by atomic mass is 9.78. The third kappa shape index (κ3) is 4.14. The normalized spacial score (nSPS) is 24.4. The Morgan fingerprint density at radius 2 is 2.12 bits per heavy atom. The highest BCUT2D eigenvalue weighted by Crippen LogP contribution is 2.29. The van der Waals surface area contributed by atoms with E-state index >= 15 is 0 Å². The van der Waals surface area contributed by atoms with Crippen LogP contribution < -0.4 is 5.32 Å². The Bertz CT molecular complexity index is 666. The summed E-state index contributed by atoms with van der Waals surface area (Å²) in [4.78, 5) is 19.1. The molecule has 0 aliphatic heterocycles. The molecule has 24 heavy (non-hydrogen) atoms. The van der Waals surface area contributed by atoms with Crippen molar-refractivity contribution >= 4 is 27.5 Å². The Morgan fingerprint density at radius 1 is 1.33 bits per heavy atom. The smallest absolute Gasteiger partial charge is 0.234 e. The number of thiazole rings is 1. The zero-order valence-corrected chi connectivity index (χ0v) is 15.6. The molecule has 5 heteroatoms. The minimum atomic E-state index is 0.129. The zero-order chi connectivity index (χ0) is 17.1. The van der Waals surface area contributed by atoms with Crippen molar-refractivity contribution < 1.29 is 4.79 Å². The van der Waals surface area contributed by atoms with E-state index in [2.05, 4.69) is 30.2 Å². The van der Waals surface area contributed by atoms with E-state index in [1.807, 2.05) is 30.1 Å². The van der Waals surface area contributed by atoms with Gasteiger partial charge in [-0.25, -0.2) is 4.98 Å². The largest absolute Gasteiger partial charge is 0.352 e. The summed E-state index contributed by atoms with van der Waals surface area (Å²) in [6.45, 7) is 5.69. The van der Waals surface area contributed by atoms with Gasteiger partial charge in [-0.1, -0.05) is 38.8 Å². The number of amides is 1. The first-order chi connectivity index (χ1) is 11.5. The number of likely N-dealkylation sites (N-methyl/N-ethyl adjacent to an activating group) is 1. The summed E-state index contributed by atoms with van der Waals surface area (Å²) in [7, 11) is 1.98. The van der Waals surface area contributed by atoms with Gasteiger partial charge < -0.3 is 5.32 Å². The van der Waals surface area contributed by atoms with Crippen molar-refractivity contribution in [3.63, 3.8) is 0 Å². The molecular formula is C19H27N3OS. The van der Waals surface area contributed by atoms with Gasteiger partial charge in [0.1, 0.15) is 5.01 Å². The van der Waals surface area contributed by atoms with E-state index in [0.717, 1.165) is 16.9 Å². The molecule has 1 N–H and O–H groups in total. The standard InChI is InChI=1S/C19H27N3OS/c1-13-7-6-9-15(14(13)2)20-18(23)11-22(3)12-19-21-16-8-4-5-10-17(16)24-19/h4-5,8,10,13-15H,6-7,9,11-12H2,1-3H3,(H,20,23)/t13-,14-,15+/m1/s1. The van der Waals surface area contributed by atoms with Crippen molar-refractivity contribution in [2.75, 3.05) is 13.6 Å². The van der Waals surface area contributed by atoms with Gasteiger partial charge in [-0.2, -0.15) is 0 Å². The minimum Gasteiger partial charge on any atom is -0.352 e. The molecule has 1 aliphatic carbocycles. The number of carbonyl (C=O) groups excluding carboxylic acids is 1. The first kappa shape index (κ1) is 17.4. The number of para-hydroxylation sites is 1. The molecule has 4 nitrogen and oxygen atoms in total. The number of carbonyl (C=O) groups is 1. The number of hydrogen-bond donors (Lipinski definition) is 1. The van der Waals surface area contributed by atoms with E-state index in [1.165, 1.54) is 17.5 Å². The Labute approximate surface area is 148 Å². The molecule has 1 amide bonds. The second-order valence-corrected chi connectivity index (χ2v) is 8.30. The molecule has 0 spiro atoms. The number of nitrogens with one attached hydrogen (secondary N) is 1. The van der Waals surface area contributed by atoms with Crippen LogP contribution in [0.1, 0.15) is 38.1 Å². The van der Waals surface area contributed by atoms with E-state index in [4.69, 9.17) is 0 Å². The Hall–Kier alpha value is -1.46. The molecule has 2 aromatic rings. The quantitative estimate of drug-likeness (QED) is 0.899. The summed E-state index contributed by atoms with van der Waals surface area (Å²) in [5, 5.41) is 4.31. The van der Waals surface area contributed by atoms with Gasteiger partial charge in [-0.15, -0.1) is 11.3 Å². The lowest BCUT2D eigenvalue weighted by molar-refractivity contribution is -0.123. The highest BCUT2D eigenvalue weighted by Gasteiger charge is 2.28. The van der Waals surface area contributed by atoms with Gasteiger partial charge in [-0.3, -0.25) is 9.69 Å². The van der Waals surface area contributed by atoms with Gasteiger partial charge in [-0.05, 0) is 37.4 Å². The van der Waals surface area contributed by atoms with Crippen molar-refractivity contribution in [1.82, 2.24) is 15.2 Å². The fourth-order valence-electron chi connectivity index (χ4n) is 3.56. The van der Waals surface area contributed by atoms with Crippen molar-refractivity contribution in [3.05, 3.63) is 29.3 Å². The van der Waals surface area contributed by atoms with Gasteiger partial charge in [0.05, 0.1) is 23.3 Å². The van der Waals surface area contributed by atoms with E-state index in [0.29, 0.717) is 31.0 Å². The van der Waals surface area contributed by atoms with Crippen LogP contribution in [0.2, 0.25) is 0 Å². The third-order valence-corrected chi connectivity index (χ3v) is 6.23. The van der Waals surface area contributed by atoms with Crippen LogP contribution in [0.5, 0.6) is 0 Å². The molecule has 0 unspecified atom stereocenters. The summed E-state index contributed by atoms with van der Waals surface area (Å²) in [6, 6.07) is 8.50. The van der Waals surface area contributed by atoms with Gasteiger partial charge in [0, 0.05) is 6.04 Å². The fourth-order valence-corrected chi connectivity index (χ4v) is 4.61. The van der Waals surface area contributed by atoms with Gasteiger partial charge in [0.25, 0.3) is 0 Å². The Kier molecular flexibility index (Phi) is 5.51. The summed E-state index contributed by atoms with van der Waals surface area (Å²) < 4.78 is 1.20. The lowest BCUT2D eigenvalue weighted by Gasteiger charge is -2.34. The third-order valence-electron chi connectivity index (χ3n) is 5.21. The van der Waals surface area contributed by atoms with Crippen LogP contribution in [-0.4, -0.2) is 35.4 Å². The summed E-state index contributed by atoms with van der Waals surface area (Å²) in [6.07, 6.45) is 3.61. The van der Waals surface area contributed by atoms with E-state index in [-0.39, 0.29) is 5.91 Å². The SMILES string of the molecule is C[C@@H]1[C@H](C)CCC[C@@H]1NC(=O)CN(C)Cc1nc2ccccc2s1. The number of rotatable bonds is 5. The minimum absolute atomic E-state index is 0.129. The van der Waals surface area contributed by atoms with Crippen LogP contribution >= 0.6 is 11.3 Å². The van der Waals surface area contributed by atoms with Crippen LogP contribution in [-0.2, 0) is 11.3 Å². The molecule has 1 fully saturated rings. The predicted octanol–water partition coefficient (Wildman–Crippen LogP) is 3.67. The monoisotopic (exact) mass is 345 g/mol. The summed E-state index contributed by atoms with van der Waals surface area (Å²) in [5.74, 6) is 1.39. The highest BCUT2D eigenvalue weighted by atomic mass is 32.1. The summed E-state index contributed by atoms with van der Waals surface area (Å²) in [5.41, 5.74) is 1.04. The molecule has 130 valence electrons. The molecule has 0 bridgehead atoms. The predicted molar refractivity (Wildman–Crippen MR) is 100 cm³/mol. The maximum Gasteiger partial charge on any atom is 0.234 e. The van der Waals surface area contributed by atoms with Crippen LogP contribution in [0.4, 0.5) is 0 Å². The van der Waals surface area contributed by atoms with E-state index in [1.54, 1.807) is 11.3 Å². The maximum absolute atomic E-state index is 12.4. The average molecular weight is 346 g/mol. The van der Waals surface area contributed by atoms with Gasteiger partial charge >= 0.3 is 0 Å². The van der Waals surface area contributed by atoms with Crippen molar-refractivity contribution in [2.45, 2.75) is 45.7 Å². The number of aromatic nitrogens is 1. The second-order valence-electron chi connectivity index (χ2n) is 7.19. The molecule has 1 heterocycles. The molecule has 1 saturated carbocycles. The number of nitrogens with zero attached hydrogens (tertiary/aromatic N) is 2. The van der Waals surface area contributed by atoms with Crippen molar-refractivity contribution in [3.8, 4) is 0 Å². The average Bonchev–Trinajstić information content (AvgIpc) is 2.93. The molecular weight excluding hydrogens is 318 g/mol. The fraction of sp³-hybridized carbons (Fsp3) is 0.579. The molecule has 1 aromatic heterocycles. The topological polar surface area (TPSA) is 45.2 Å². The lowest BCUT2D eigenvalue weighted by Crippen LogP contribution is -2.46. The first-order valence-electron chi connectivity index (χ1n) is 8.85. The van der Waals surface area contributed by atoms with Crippen LogP contribution in [0.15, 0.2) is 24.3 Å². The Balaban J connectivity index is 1.52. The zero-order valence-electron chi connectivity index (χ0n) is 14.8. The Morgan fingerprint density at radius 3 is 2.92 bits per heavy atom. The first-order valence-corrected chi connectivity index (χ1v) is 9.67. The van der Waals surface area contributed by atoms with Crippen LogP contribution in [0, 0.1) is 11.8 Å². The summed E-state index contributed by atoms with van der Waals surface area (Å²) >= 11 is 1.70. The molecule has 1 aliphatic rings. The van der Waals surface area contributed by atoms with E-state index in [9.17, 15) is 4.79 Å². The maximum atomic E-state index is 12.4. The molecule has 3 atom stereocenters. The van der Waals surface area contributed by atoms with Gasteiger partial charge in [0.15, 0.2) is 0 Å². The molecule has 0 radical (unpaired) electrons.